The number of anilines is 3. The summed E-state index contributed by atoms with van der Waals surface area (Å²) in [6.07, 6.45) is 4.93. The maximum atomic E-state index is 5.96. The van der Waals surface area contributed by atoms with Crippen LogP contribution in [0.4, 0.5) is 17.6 Å². The summed E-state index contributed by atoms with van der Waals surface area (Å²) in [5, 5.41) is 19.4. The van der Waals surface area contributed by atoms with E-state index in [4.69, 9.17) is 14.7 Å². The fourth-order valence-electron chi connectivity index (χ4n) is 3.75. The number of H-pyrrole nitrogens is 1. The van der Waals surface area contributed by atoms with Gasteiger partial charge in [0.1, 0.15) is 5.82 Å². The highest BCUT2D eigenvalue weighted by molar-refractivity contribution is 5.89. The normalized spacial score (nSPS) is 20.6. The van der Waals surface area contributed by atoms with Crippen molar-refractivity contribution in [2.24, 2.45) is 0 Å². The number of piperazine rings is 1. The lowest BCUT2D eigenvalue weighted by Gasteiger charge is -2.28. The summed E-state index contributed by atoms with van der Waals surface area (Å²) in [7, 11) is 0. The Balaban J connectivity index is 1.58. The summed E-state index contributed by atoms with van der Waals surface area (Å²) in [5.41, 5.74) is 1.78. The highest BCUT2D eigenvalue weighted by atomic mass is 16.5. The number of hydrogen-bond donors (Lipinski definition) is 3. The molecule has 2 saturated heterocycles. The van der Waals surface area contributed by atoms with E-state index in [2.05, 4.69) is 30.8 Å². The zero-order valence-electron chi connectivity index (χ0n) is 16.0. The molecule has 5 heterocycles. The number of nitrogens with zero attached hydrogens (tertiary/aromatic N) is 6. The van der Waals surface area contributed by atoms with Crippen molar-refractivity contribution in [3.8, 4) is 0 Å². The molecule has 0 amide bonds. The Hall–Kier alpha value is -2.72. The Kier molecular flexibility index (Phi) is 4.57. The summed E-state index contributed by atoms with van der Waals surface area (Å²) < 4.78 is 7.86. The second-order valence-corrected chi connectivity index (χ2v) is 7.32. The molecule has 0 aliphatic carbocycles. The Labute approximate surface area is 162 Å². The third-order valence-corrected chi connectivity index (χ3v) is 5.22. The van der Waals surface area contributed by atoms with E-state index in [1.165, 1.54) is 0 Å². The molecule has 28 heavy (non-hydrogen) atoms. The van der Waals surface area contributed by atoms with Gasteiger partial charge in [-0.3, -0.25) is 5.10 Å². The molecule has 2 aliphatic rings. The van der Waals surface area contributed by atoms with E-state index in [1.807, 2.05) is 23.9 Å². The van der Waals surface area contributed by atoms with Gasteiger partial charge in [0, 0.05) is 44.5 Å². The highest BCUT2D eigenvalue weighted by Gasteiger charge is 2.23. The number of rotatable bonds is 4. The lowest BCUT2D eigenvalue weighted by Crippen LogP contribution is -2.44. The summed E-state index contributed by atoms with van der Waals surface area (Å²) in [4.78, 5) is 11.9. The van der Waals surface area contributed by atoms with Crippen LogP contribution >= 0.6 is 0 Å². The average Bonchev–Trinajstić information content (AvgIpc) is 3.35. The first-order chi connectivity index (χ1) is 13.8. The predicted octanol–water partition coefficient (Wildman–Crippen LogP) is 1.71. The van der Waals surface area contributed by atoms with E-state index in [0.717, 1.165) is 74.6 Å². The second-order valence-electron chi connectivity index (χ2n) is 7.32. The van der Waals surface area contributed by atoms with Crippen LogP contribution in [-0.4, -0.2) is 62.7 Å². The van der Waals surface area contributed by atoms with Gasteiger partial charge in [-0.1, -0.05) is 0 Å². The molecular weight excluding hydrogens is 358 g/mol. The Bertz CT molecular complexity index is 953. The molecule has 2 fully saturated rings. The average molecular weight is 383 g/mol. The molecule has 2 aliphatic heterocycles. The van der Waals surface area contributed by atoms with Crippen LogP contribution in [0.2, 0.25) is 0 Å². The van der Waals surface area contributed by atoms with Crippen molar-refractivity contribution in [1.82, 2.24) is 35.3 Å². The van der Waals surface area contributed by atoms with Crippen molar-refractivity contribution in [1.29, 1.82) is 0 Å². The molecule has 1 atom stereocenters. The van der Waals surface area contributed by atoms with E-state index in [-0.39, 0.29) is 6.23 Å². The monoisotopic (exact) mass is 383 g/mol. The molecule has 10 nitrogen and oxygen atoms in total. The SMILES string of the molecule is Cc1cc(Nc2nc(N3CCNCC3)nc3c2cnn3C2CCCCO2)n[nH]1. The first kappa shape index (κ1) is 17.4. The van der Waals surface area contributed by atoms with Crippen LogP contribution in [-0.2, 0) is 4.74 Å². The number of hydrogen-bond acceptors (Lipinski definition) is 8. The van der Waals surface area contributed by atoms with Crippen molar-refractivity contribution in [3.63, 3.8) is 0 Å². The van der Waals surface area contributed by atoms with E-state index >= 15 is 0 Å². The Morgan fingerprint density at radius 1 is 1.21 bits per heavy atom. The van der Waals surface area contributed by atoms with Crippen molar-refractivity contribution < 1.29 is 4.74 Å². The highest BCUT2D eigenvalue weighted by Crippen LogP contribution is 2.30. The van der Waals surface area contributed by atoms with Gasteiger partial charge in [0.2, 0.25) is 5.95 Å². The largest absolute Gasteiger partial charge is 0.356 e. The number of nitrogens with one attached hydrogen (secondary N) is 3. The number of ether oxygens (including phenoxy) is 1. The molecule has 1 unspecified atom stereocenters. The molecule has 0 bridgehead atoms. The van der Waals surface area contributed by atoms with Crippen molar-refractivity contribution in [2.45, 2.75) is 32.4 Å². The third kappa shape index (κ3) is 3.29. The van der Waals surface area contributed by atoms with E-state index in [0.29, 0.717) is 11.8 Å². The summed E-state index contributed by atoms with van der Waals surface area (Å²) in [6, 6.07) is 1.95. The van der Waals surface area contributed by atoms with Crippen molar-refractivity contribution >= 4 is 28.6 Å². The molecule has 148 valence electrons. The number of aryl methyl sites for hydroxylation is 1. The van der Waals surface area contributed by atoms with Gasteiger partial charge in [-0.2, -0.15) is 20.2 Å². The molecule has 3 aromatic heterocycles. The van der Waals surface area contributed by atoms with Gasteiger partial charge >= 0.3 is 0 Å². The van der Waals surface area contributed by atoms with Crippen molar-refractivity contribution in [2.75, 3.05) is 43.0 Å². The summed E-state index contributed by atoms with van der Waals surface area (Å²) in [5.74, 6) is 2.15. The van der Waals surface area contributed by atoms with E-state index < -0.39 is 0 Å². The van der Waals surface area contributed by atoms with E-state index in [9.17, 15) is 0 Å². The minimum Gasteiger partial charge on any atom is -0.356 e. The summed E-state index contributed by atoms with van der Waals surface area (Å²) >= 11 is 0. The zero-order chi connectivity index (χ0) is 18.9. The van der Waals surface area contributed by atoms with Gasteiger partial charge < -0.3 is 20.3 Å². The lowest BCUT2D eigenvalue weighted by atomic mass is 10.2. The molecule has 5 rings (SSSR count). The van der Waals surface area contributed by atoms with Gasteiger partial charge in [0.25, 0.3) is 0 Å². The molecule has 10 heteroatoms. The van der Waals surface area contributed by atoms with Crippen molar-refractivity contribution in [3.05, 3.63) is 18.0 Å². The van der Waals surface area contributed by atoms with Gasteiger partial charge in [0.05, 0.1) is 11.6 Å². The minimum atomic E-state index is -0.0718. The zero-order valence-corrected chi connectivity index (χ0v) is 16.0. The Morgan fingerprint density at radius 3 is 2.86 bits per heavy atom. The van der Waals surface area contributed by atoms with Crippen LogP contribution in [0.15, 0.2) is 12.3 Å². The molecule has 0 spiro atoms. The maximum Gasteiger partial charge on any atom is 0.229 e. The predicted molar refractivity (Wildman–Crippen MR) is 106 cm³/mol. The fourth-order valence-corrected chi connectivity index (χ4v) is 3.75. The van der Waals surface area contributed by atoms with Crippen LogP contribution in [0, 0.1) is 6.92 Å². The third-order valence-electron chi connectivity index (χ3n) is 5.22. The maximum absolute atomic E-state index is 5.96. The van der Waals surface area contributed by atoms with Gasteiger partial charge in [-0.15, -0.1) is 0 Å². The van der Waals surface area contributed by atoms with Crippen LogP contribution in [0.3, 0.4) is 0 Å². The quantitative estimate of drug-likeness (QED) is 0.625. The smallest absolute Gasteiger partial charge is 0.229 e. The van der Waals surface area contributed by atoms with Crippen LogP contribution in [0.25, 0.3) is 11.0 Å². The topological polar surface area (TPSA) is 109 Å². The van der Waals surface area contributed by atoms with Crippen LogP contribution in [0.5, 0.6) is 0 Å². The molecule has 3 aromatic rings. The minimum absolute atomic E-state index is 0.0718. The fraction of sp³-hybridized carbons (Fsp3) is 0.556. The first-order valence-electron chi connectivity index (χ1n) is 9.89. The molecular formula is C18H25N9O. The molecule has 0 saturated carbocycles. The molecule has 0 radical (unpaired) electrons. The van der Waals surface area contributed by atoms with Crippen LogP contribution in [0.1, 0.15) is 31.2 Å². The van der Waals surface area contributed by atoms with Crippen LogP contribution < -0.4 is 15.5 Å². The molecule has 3 N–H and O–H groups in total. The second kappa shape index (κ2) is 7.36. The van der Waals surface area contributed by atoms with Gasteiger partial charge in [-0.25, -0.2) is 4.68 Å². The number of aromatic amines is 1. The summed E-state index contributed by atoms with van der Waals surface area (Å²) in [6.45, 7) is 6.33. The van der Waals surface area contributed by atoms with Gasteiger partial charge in [-0.05, 0) is 26.2 Å². The van der Waals surface area contributed by atoms with Gasteiger partial charge in [0.15, 0.2) is 17.7 Å². The lowest BCUT2D eigenvalue weighted by molar-refractivity contribution is -0.0370. The number of fused-ring (bicyclic) bond motifs is 1. The van der Waals surface area contributed by atoms with E-state index in [1.54, 1.807) is 0 Å². The standard InChI is InChI=1S/C18H25N9O/c1-12-10-14(25-24-12)21-16-13-11-20-27(15-4-2-3-9-28-15)17(13)23-18(22-16)26-7-5-19-6-8-26/h10-11,15,19H,2-9H2,1H3,(H2,21,22,23,24,25). The molecule has 0 aromatic carbocycles. The number of aromatic nitrogens is 6. The first-order valence-corrected chi connectivity index (χ1v) is 9.89. The Morgan fingerprint density at radius 2 is 2.11 bits per heavy atom.